The summed E-state index contributed by atoms with van der Waals surface area (Å²) in [5.74, 6) is -1.16. The Morgan fingerprint density at radius 2 is 1.84 bits per heavy atom. The average Bonchev–Trinajstić information content (AvgIpc) is 3.21. The van der Waals surface area contributed by atoms with E-state index < -0.39 is 12.1 Å². The Bertz CT molecular complexity index is 1250. The van der Waals surface area contributed by atoms with E-state index in [1.54, 1.807) is 29.1 Å². The molecule has 9 heteroatoms. The van der Waals surface area contributed by atoms with Gasteiger partial charge in [0.1, 0.15) is 5.69 Å². The van der Waals surface area contributed by atoms with Gasteiger partial charge in [0.05, 0.1) is 24.1 Å². The molecule has 31 heavy (non-hydrogen) atoms. The van der Waals surface area contributed by atoms with Crippen LogP contribution in [0.25, 0.3) is 22.6 Å². The van der Waals surface area contributed by atoms with Gasteiger partial charge in [-0.25, -0.2) is 19.4 Å². The third-order valence-corrected chi connectivity index (χ3v) is 4.70. The van der Waals surface area contributed by atoms with Gasteiger partial charge in [-0.05, 0) is 30.2 Å². The van der Waals surface area contributed by atoms with Gasteiger partial charge in [-0.2, -0.15) is 0 Å². The van der Waals surface area contributed by atoms with Crippen LogP contribution in [0.4, 0.5) is 5.95 Å². The largest absolute Gasteiger partial charge is 0.479 e. The molecule has 1 unspecified atom stereocenters. The number of carbonyl (C=O) groups is 1. The molecule has 4 rings (SSSR count). The molecule has 0 saturated carbocycles. The van der Waals surface area contributed by atoms with Crippen LogP contribution in [0, 0.1) is 6.92 Å². The zero-order chi connectivity index (χ0) is 22.0. The van der Waals surface area contributed by atoms with E-state index in [1.807, 2.05) is 43.3 Å². The first-order chi connectivity index (χ1) is 14.9. The predicted octanol–water partition coefficient (Wildman–Crippen LogP) is 2.46. The number of nitrogens with zero attached hydrogens (tertiary/aromatic N) is 5. The van der Waals surface area contributed by atoms with Gasteiger partial charge in [0.15, 0.2) is 6.10 Å². The highest BCUT2D eigenvalue weighted by Gasteiger charge is 2.16. The van der Waals surface area contributed by atoms with Gasteiger partial charge < -0.3 is 15.9 Å². The van der Waals surface area contributed by atoms with Crippen LogP contribution in [0.1, 0.15) is 22.8 Å². The Morgan fingerprint density at radius 3 is 2.61 bits per heavy atom. The van der Waals surface area contributed by atoms with Crippen LogP contribution in [0.15, 0.2) is 60.8 Å². The van der Waals surface area contributed by atoms with E-state index in [4.69, 9.17) is 10.8 Å². The summed E-state index contributed by atoms with van der Waals surface area (Å²) >= 11 is 0. The summed E-state index contributed by atoms with van der Waals surface area (Å²) in [5, 5.41) is 27.0. The van der Waals surface area contributed by atoms with Crippen LogP contribution < -0.4 is 5.73 Å². The molecule has 0 bridgehead atoms. The molecular formula is C22H20N6O3. The van der Waals surface area contributed by atoms with Crippen molar-refractivity contribution in [1.82, 2.24) is 25.0 Å². The molecule has 0 radical (unpaired) electrons. The summed E-state index contributed by atoms with van der Waals surface area (Å²) in [6, 6.07) is 16.4. The van der Waals surface area contributed by atoms with Gasteiger partial charge in [-0.1, -0.05) is 53.2 Å². The molecule has 0 amide bonds. The van der Waals surface area contributed by atoms with E-state index in [2.05, 4.69) is 20.3 Å². The van der Waals surface area contributed by atoms with Gasteiger partial charge in [0.25, 0.3) is 0 Å². The smallest absolute Gasteiger partial charge is 0.337 e. The highest BCUT2D eigenvalue weighted by molar-refractivity contribution is 5.74. The van der Waals surface area contributed by atoms with Crippen molar-refractivity contribution in [3.63, 3.8) is 0 Å². The number of aliphatic hydroxyl groups excluding tert-OH is 1. The third-order valence-electron chi connectivity index (χ3n) is 4.70. The third kappa shape index (κ3) is 4.57. The van der Waals surface area contributed by atoms with Crippen LogP contribution in [0.5, 0.6) is 0 Å². The molecule has 4 N–H and O–H groups in total. The highest BCUT2D eigenvalue weighted by atomic mass is 16.4. The maximum atomic E-state index is 11.0. The standard InChI is InChI=1S/C22H20N6O3/c1-13-4-2-6-15(8-13)17-10-18(25-22(23)24-17)19-12-28(27-26-19)11-14-5-3-7-16(9-14)20(29)21(30)31/h2-10,12,20,29H,11H2,1H3,(H,30,31)(H2,23,24,25). The molecule has 0 saturated heterocycles. The van der Waals surface area contributed by atoms with Gasteiger partial charge >= 0.3 is 5.97 Å². The monoisotopic (exact) mass is 416 g/mol. The molecule has 156 valence electrons. The van der Waals surface area contributed by atoms with E-state index in [0.717, 1.165) is 16.7 Å². The number of aromatic nitrogens is 5. The number of benzene rings is 2. The first kappa shape index (κ1) is 20.2. The van der Waals surface area contributed by atoms with Crippen LogP contribution in [0.3, 0.4) is 0 Å². The number of hydrogen-bond donors (Lipinski definition) is 3. The molecule has 2 heterocycles. The second kappa shape index (κ2) is 8.33. The number of nitrogen functional groups attached to an aromatic ring is 1. The molecule has 2 aromatic heterocycles. The lowest BCUT2D eigenvalue weighted by atomic mass is 10.1. The van der Waals surface area contributed by atoms with Crippen molar-refractivity contribution in [2.24, 2.45) is 0 Å². The van der Waals surface area contributed by atoms with Crippen LogP contribution in [-0.4, -0.2) is 41.1 Å². The molecule has 2 aromatic carbocycles. The maximum absolute atomic E-state index is 11.0. The number of aliphatic carboxylic acids is 1. The van der Waals surface area contributed by atoms with Crippen molar-refractivity contribution in [1.29, 1.82) is 0 Å². The quantitative estimate of drug-likeness (QED) is 0.435. The second-order valence-corrected chi connectivity index (χ2v) is 7.15. The zero-order valence-electron chi connectivity index (χ0n) is 16.7. The van der Waals surface area contributed by atoms with E-state index >= 15 is 0 Å². The van der Waals surface area contributed by atoms with Crippen LogP contribution in [-0.2, 0) is 11.3 Å². The van der Waals surface area contributed by atoms with Crippen molar-refractivity contribution in [3.8, 4) is 22.6 Å². The van der Waals surface area contributed by atoms with Crippen LogP contribution in [0.2, 0.25) is 0 Å². The number of aliphatic hydroxyl groups is 1. The molecule has 0 fully saturated rings. The fourth-order valence-electron chi connectivity index (χ4n) is 3.23. The number of carboxylic acid groups (broad SMARTS) is 1. The molecule has 1 atom stereocenters. The van der Waals surface area contributed by atoms with E-state index in [-0.39, 0.29) is 5.95 Å². The summed E-state index contributed by atoms with van der Waals surface area (Å²) in [4.78, 5) is 19.6. The van der Waals surface area contributed by atoms with Crippen molar-refractivity contribution < 1.29 is 15.0 Å². The lowest BCUT2D eigenvalue weighted by Crippen LogP contribution is -2.11. The Hall–Kier alpha value is -4.11. The molecule has 9 nitrogen and oxygen atoms in total. The summed E-state index contributed by atoms with van der Waals surface area (Å²) in [6.45, 7) is 2.35. The Balaban J connectivity index is 1.60. The fourth-order valence-corrected chi connectivity index (χ4v) is 3.23. The minimum absolute atomic E-state index is 0.138. The van der Waals surface area contributed by atoms with Gasteiger partial charge in [-0.3, -0.25) is 0 Å². The minimum Gasteiger partial charge on any atom is -0.479 e. The number of carboxylic acids is 1. The average molecular weight is 416 g/mol. The molecule has 0 aliphatic rings. The van der Waals surface area contributed by atoms with Gasteiger partial charge in [-0.15, -0.1) is 5.10 Å². The van der Waals surface area contributed by atoms with Gasteiger partial charge in [0.2, 0.25) is 5.95 Å². The van der Waals surface area contributed by atoms with Crippen molar-refractivity contribution in [2.75, 3.05) is 5.73 Å². The fraction of sp³-hybridized carbons (Fsp3) is 0.136. The summed E-state index contributed by atoms with van der Waals surface area (Å²) < 4.78 is 1.60. The first-order valence-corrected chi connectivity index (χ1v) is 9.51. The minimum atomic E-state index is -1.57. The zero-order valence-corrected chi connectivity index (χ0v) is 16.7. The van der Waals surface area contributed by atoms with Gasteiger partial charge in [0, 0.05) is 5.56 Å². The van der Waals surface area contributed by atoms with E-state index in [1.165, 1.54) is 0 Å². The first-order valence-electron chi connectivity index (χ1n) is 9.51. The summed E-state index contributed by atoms with van der Waals surface area (Å²) in [7, 11) is 0. The molecule has 0 aliphatic carbocycles. The summed E-state index contributed by atoms with van der Waals surface area (Å²) in [5.41, 5.74) is 10.8. The number of nitrogens with two attached hydrogens (primary N) is 1. The molecular weight excluding hydrogens is 396 g/mol. The SMILES string of the molecule is Cc1cccc(-c2cc(-c3cn(Cc4cccc(C(O)C(=O)O)c4)nn3)nc(N)n2)c1. The lowest BCUT2D eigenvalue weighted by molar-refractivity contribution is -0.146. The number of anilines is 1. The molecule has 0 spiro atoms. The molecule has 4 aromatic rings. The normalized spacial score (nSPS) is 11.9. The predicted molar refractivity (Wildman–Crippen MR) is 114 cm³/mol. The lowest BCUT2D eigenvalue weighted by Gasteiger charge is -2.08. The van der Waals surface area contributed by atoms with Crippen molar-refractivity contribution in [3.05, 3.63) is 77.5 Å². The number of aryl methyl sites for hydroxylation is 1. The Morgan fingerprint density at radius 1 is 1.06 bits per heavy atom. The summed E-state index contributed by atoms with van der Waals surface area (Å²) in [6.07, 6.45) is 0.150. The number of rotatable bonds is 6. The van der Waals surface area contributed by atoms with Crippen LogP contribution >= 0.6 is 0 Å². The van der Waals surface area contributed by atoms with E-state index in [9.17, 15) is 9.90 Å². The molecule has 0 aliphatic heterocycles. The second-order valence-electron chi connectivity index (χ2n) is 7.15. The number of hydrogen-bond acceptors (Lipinski definition) is 7. The van der Waals surface area contributed by atoms with E-state index in [0.29, 0.717) is 29.2 Å². The van der Waals surface area contributed by atoms with Crippen molar-refractivity contribution in [2.45, 2.75) is 19.6 Å². The Kier molecular flexibility index (Phi) is 5.42. The highest BCUT2D eigenvalue weighted by Crippen LogP contribution is 2.24. The Labute approximate surface area is 177 Å². The van der Waals surface area contributed by atoms with Crippen molar-refractivity contribution >= 4 is 11.9 Å². The maximum Gasteiger partial charge on any atom is 0.337 e. The topological polar surface area (TPSA) is 140 Å².